The number of nitrogens with zero attached hydrogens (tertiary/aromatic N) is 1. The van der Waals surface area contributed by atoms with Crippen molar-refractivity contribution >= 4 is 17.8 Å². The van der Waals surface area contributed by atoms with Crippen LogP contribution < -0.4 is 0 Å². The SMILES string of the molecule is COCCO.O=C(COCCO)ON1C(=O)CCC1=O. The van der Waals surface area contributed by atoms with Crippen LogP contribution >= 0.6 is 0 Å². The van der Waals surface area contributed by atoms with Gasteiger partial charge in [-0.2, -0.15) is 0 Å². The highest BCUT2D eigenvalue weighted by atomic mass is 16.7. The fourth-order valence-corrected chi connectivity index (χ4v) is 1.10. The number of amides is 2. The number of methoxy groups -OCH3 is 1. The average molecular weight is 293 g/mol. The largest absolute Gasteiger partial charge is 0.394 e. The molecule has 1 saturated heterocycles. The molecular formula is C11H19NO8. The van der Waals surface area contributed by atoms with E-state index in [0.29, 0.717) is 11.7 Å². The molecule has 0 aliphatic carbocycles. The Kier molecular flexibility index (Phi) is 10.4. The summed E-state index contributed by atoms with van der Waals surface area (Å²) in [5.74, 6) is -1.90. The molecule has 2 amide bonds. The van der Waals surface area contributed by atoms with E-state index in [9.17, 15) is 14.4 Å². The summed E-state index contributed by atoms with van der Waals surface area (Å²) in [6.45, 7) is -0.0556. The maximum atomic E-state index is 11.0. The molecule has 9 heteroatoms. The normalized spacial score (nSPS) is 14.1. The second-order valence-electron chi connectivity index (χ2n) is 3.54. The van der Waals surface area contributed by atoms with Crippen molar-refractivity contribution < 1.29 is 38.9 Å². The number of imide groups is 1. The fourth-order valence-electron chi connectivity index (χ4n) is 1.10. The van der Waals surface area contributed by atoms with E-state index in [2.05, 4.69) is 14.3 Å². The number of ether oxygens (including phenoxy) is 2. The van der Waals surface area contributed by atoms with E-state index in [1.807, 2.05) is 0 Å². The maximum absolute atomic E-state index is 11.0. The van der Waals surface area contributed by atoms with Crippen molar-refractivity contribution in [1.82, 2.24) is 5.06 Å². The van der Waals surface area contributed by atoms with Gasteiger partial charge in [0, 0.05) is 20.0 Å². The Morgan fingerprint density at radius 2 is 1.70 bits per heavy atom. The predicted octanol–water partition coefficient (Wildman–Crippen LogP) is -1.77. The lowest BCUT2D eigenvalue weighted by atomic mass is 10.4. The molecule has 0 spiro atoms. The van der Waals surface area contributed by atoms with Crippen molar-refractivity contribution in [3.8, 4) is 0 Å². The Bertz CT molecular complexity index is 302. The lowest BCUT2D eigenvalue weighted by Gasteiger charge is -2.12. The summed E-state index contributed by atoms with van der Waals surface area (Å²) in [4.78, 5) is 37.5. The molecule has 1 aliphatic rings. The predicted molar refractivity (Wildman–Crippen MR) is 64.0 cm³/mol. The Balaban J connectivity index is 0.000000621. The second kappa shape index (κ2) is 11.3. The van der Waals surface area contributed by atoms with Crippen LogP contribution in [0.25, 0.3) is 0 Å². The standard InChI is InChI=1S/C8H11NO6.C3H8O2/c10-3-4-14-5-8(13)15-9-6(11)1-2-7(9)12;1-5-3-2-4/h10H,1-5H2;4H,2-3H2,1H3. The van der Waals surface area contributed by atoms with Gasteiger partial charge in [0.1, 0.15) is 6.61 Å². The van der Waals surface area contributed by atoms with E-state index < -0.39 is 24.4 Å². The third-order valence-corrected chi connectivity index (χ3v) is 1.95. The molecule has 0 atom stereocenters. The number of rotatable bonds is 7. The van der Waals surface area contributed by atoms with Crippen molar-refractivity contribution in [3.63, 3.8) is 0 Å². The lowest BCUT2D eigenvalue weighted by Crippen LogP contribution is -2.33. The monoisotopic (exact) mass is 293 g/mol. The zero-order chi connectivity index (χ0) is 15.4. The third-order valence-electron chi connectivity index (χ3n) is 1.95. The van der Waals surface area contributed by atoms with Crippen LogP contribution in [-0.4, -0.2) is 73.2 Å². The molecule has 0 aromatic rings. The molecule has 2 N–H and O–H groups in total. The quantitative estimate of drug-likeness (QED) is 0.417. The van der Waals surface area contributed by atoms with Gasteiger partial charge in [0.2, 0.25) is 0 Å². The second-order valence-corrected chi connectivity index (χ2v) is 3.54. The van der Waals surface area contributed by atoms with Crippen molar-refractivity contribution in [2.45, 2.75) is 12.8 Å². The molecule has 1 rings (SSSR count). The van der Waals surface area contributed by atoms with Crippen LogP contribution in [0.3, 0.4) is 0 Å². The smallest absolute Gasteiger partial charge is 0.358 e. The van der Waals surface area contributed by atoms with E-state index in [1.54, 1.807) is 7.11 Å². The Hall–Kier alpha value is -1.55. The lowest BCUT2D eigenvalue weighted by molar-refractivity contribution is -0.200. The summed E-state index contributed by atoms with van der Waals surface area (Å²) in [5.41, 5.74) is 0. The molecule has 0 saturated carbocycles. The van der Waals surface area contributed by atoms with Crippen molar-refractivity contribution in [3.05, 3.63) is 0 Å². The van der Waals surface area contributed by atoms with E-state index in [4.69, 9.17) is 10.2 Å². The maximum Gasteiger partial charge on any atom is 0.358 e. The summed E-state index contributed by atoms with van der Waals surface area (Å²) in [6.07, 6.45) is 0.118. The first kappa shape index (κ1) is 18.4. The zero-order valence-corrected chi connectivity index (χ0v) is 11.2. The summed E-state index contributed by atoms with van der Waals surface area (Å²) < 4.78 is 9.09. The first-order valence-electron chi connectivity index (χ1n) is 5.91. The van der Waals surface area contributed by atoms with Gasteiger partial charge in [-0.25, -0.2) is 4.79 Å². The highest BCUT2D eigenvalue weighted by molar-refractivity contribution is 6.01. The molecule has 20 heavy (non-hydrogen) atoms. The summed E-state index contributed by atoms with van der Waals surface area (Å²) in [7, 11) is 1.55. The molecular weight excluding hydrogens is 274 g/mol. The van der Waals surface area contributed by atoms with Gasteiger partial charge in [-0.05, 0) is 0 Å². The molecule has 0 aromatic heterocycles. The van der Waals surface area contributed by atoms with E-state index in [1.165, 1.54) is 0 Å². The average Bonchev–Trinajstić information content (AvgIpc) is 2.73. The van der Waals surface area contributed by atoms with Crippen LogP contribution in [0.1, 0.15) is 12.8 Å². The molecule has 0 bridgehead atoms. The molecule has 116 valence electrons. The number of carbonyl (C=O) groups is 3. The van der Waals surface area contributed by atoms with Crippen LogP contribution in [0.5, 0.6) is 0 Å². The van der Waals surface area contributed by atoms with Crippen LogP contribution in [-0.2, 0) is 28.7 Å². The molecule has 0 aromatic carbocycles. The van der Waals surface area contributed by atoms with Gasteiger partial charge in [0.15, 0.2) is 0 Å². The van der Waals surface area contributed by atoms with Crippen LogP contribution in [0.15, 0.2) is 0 Å². The Morgan fingerprint density at radius 3 is 2.10 bits per heavy atom. The minimum Gasteiger partial charge on any atom is -0.394 e. The number of aliphatic hydroxyl groups excluding tert-OH is 2. The molecule has 0 radical (unpaired) electrons. The number of aliphatic hydroxyl groups is 2. The molecule has 1 fully saturated rings. The van der Waals surface area contributed by atoms with Gasteiger partial charge >= 0.3 is 5.97 Å². The topological polar surface area (TPSA) is 123 Å². The van der Waals surface area contributed by atoms with Gasteiger partial charge in [-0.1, -0.05) is 0 Å². The highest BCUT2D eigenvalue weighted by Gasteiger charge is 2.32. The summed E-state index contributed by atoms with van der Waals surface area (Å²) in [6, 6.07) is 0. The van der Waals surface area contributed by atoms with E-state index >= 15 is 0 Å². The van der Waals surface area contributed by atoms with Crippen molar-refractivity contribution in [2.75, 3.05) is 40.1 Å². The molecule has 9 nitrogen and oxygen atoms in total. The number of carbonyl (C=O) groups excluding carboxylic acids is 3. The van der Waals surface area contributed by atoms with Gasteiger partial charge in [0.05, 0.1) is 26.4 Å². The van der Waals surface area contributed by atoms with Crippen LogP contribution in [0.2, 0.25) is 0 Å². The van der Waals surface area contributed by atoms with E-state index in [0.717, 1.165) is 0 Å². The molecule has 1 heterocycles. The van der Waals surface area contributed by atoms with Crippen molar-refractivity contribution in [2.24, 2.45) is 0 Å². The van der Waals surface area contributed by atoms with Crippen molar-refractivity contribution in [1.29, 1.82) is 0 Å². The number of hydrogen-bond donors (Lipinski definition) is 2. The molecule has 0 unspecified atom stereocenters. The van der Waals surface area contributed by atoms with E-state index in [-0.39, 0.29) is 32.7 Å². The zero-order valence-electron chi connectivity index (χ0n) is 11.2. The minimum absolute atomic E-state index is 0.00298. The van der Waals surface area contributed by atoms with Gasteiger partial charge < -0.3 is 24.5 Å². The Labute approximate surface area is 116 Å². The highest BCUT2D eigenvalue weighted by Crippen LogP contribution is 2.11. The third kappa shape index (κ3) is 7.79. The number of hydroxylamine groups is 2. The fraction of sp³-hybridized carbons (Fsp3) is 0.727. The van der Waals surface area contributed by atoms with Gasteiger partial charge in [-0.3, -0.25) is 9.59 Å². The molecule has 1 aliphatic heterocycles. The Morgan fingerprint density at radius 1 is 1.15 bits per heavy atom. The van der Waals surface area contributed by atoms with Gasteiger partial charge in [0.25, 0.3) is 11.8 Å². The number of hydrogen-bond acceptors (Lipinski definition) is 8. The van der Waals surface area contributed by atoms with Gasteiger partial charge in [-0.15, -0.1) is 5.06 Å². The van der Waals surface area contributed by atoms with Crippen LogP contribution in [0, 0.1) is 0 Å². The first-order chi connectivity index (χ1) is 9.56. The van der Waals surface area contributed by atoms with Crippen LogP contribution in [0.4, 0.5) is 0 Å². The first-order valence-corrected chi connectivity index (χ1v) is 5.91. The minimum atomic E-state index is -0.841. The summed E-state index contributed by atoms with van der Waals surface area (Å²) >= 11 is 0. The summed E-state index contributed by atoms with van der Waals surface area (Å²) in [5, 5.41) is 16.7.